The lowest BCUT2D eigenvalue weighted by molar-refractivity contribution is -0.145. The number of rotatable bonds is 3. The van der Waals surface area contributed by atoms with Gasteiger partial charge in [0.25, 0.3) is 0 Å². The van der Waals surface area contributed by atoms with Crippen molar-refractivity contribution in [3.8, 4) is 0 Å². The fraction of sp³-hybridized carbons (Fsp3) is 0.562. The quantitative estimate of drug-likeness (QED) is 0.682. The van der Waals surface area contributed by atoms with E-state index < -0.39 is 17.9 Å². The third-order valence-electron chi connectivity index (χ3n) is 3.95. The molecule has 0 fully saturated rings. The number of aromatic nitrogens is 1. The molecule has 0 aliphatic heterocycles. The average molecular weight is 307 g/mol. The molecule has 1 aliphatic carbocycles. The van der Waals surface area contributed by atoms with E-state index in [0.717, 1.165) is 0 Å². The number of Topliss-reactive ketones (excluding diaryl/α,β-unsaturated/α-hetero) is 1. The summed E-state index contributed by atoms with van der Waals surface area (Å²) in [5.74, 6) is -2.31. The molecule has 1 N–H and O–H groups in total. The molecule has 2 atom stereocenters. The second-order valence-electron chi connectivity index (χ2n) is 5.98. The molecular formula is C16H21NO5. The average Bonchev–Trinajstić information content (AvgIpc) is 2.74. The van der Waals surface area contributed by atoms with Crippen LogP contribution in [0.2, 0.25) is 0 Å². The topological polar surface area (TPSA) is 85.5 Å². The highest BCUT2D eigenvalue weighted by atomic mass is 16.5. The number of fused-ring (bicyclic) bond motifs is 1. The van der Waals surface area contributed by atoms with E-state index in [1.54, 1.807) is 20.8 Å². The molecule has 0 aromatic carbocycles. The number of hydrogen-bond donors (Lipinski definition) is 1. The van der Waals surface area contributed by atoms with Crippen molar-refractivity contribution in [3.05, 3.63) is 22.5 Å². The van der Waals surface area contributed by atoms with E-state index in [9.17, 15) is 14.4 Å². The van der Waals surface area contributed by atoms with Crippen molar-refractivity contribution in [1.82, 2.24) is 4.98 Å². The largest absolute Gasteiger partial charge is 0.468 e. The van der Waals surface area contributed by atoms with Crippen LogP contribution in [0.5, 0.6) is 0 Å². The van der Waals surface area contributed by atoms with E-state index in [1.165, 1.54) is 7.11 Å². The minimum absolute atomic E-state index is 0.181. The highest BCUT2D eigenvalue weighted by Gasteiger charge is 2.41. The van der Waals surface area contributed by atoms with Crippen LogP contribution in [0.25, 0.3) is 0 Å². The molecule has 22 heavy (non-hydrogen) atoms. The van der Waals surface area contributed by atoms with Crippen molar-refractivity contribution in [2.45, 2.75) is 40.2 Å². The summed E-state index contributed by atoms with van der Waals surface area (Å²) in [6.45, 7) is 7.03. The molecular weight excluding hydrogens is 286 g/mol. The maximum atomic E-state index is 12.6. The number of carbonyl (C=O) groups excluding carboxylic acids is 3. The second-order valence-corrected chi connectivity index (χ2v) is 5.98. The summed E-state index contributed by atoms with van der Waals surface area (Å²) in [7, 11) is 1.27. The van der Waals surface area contributed by atoms with Gasteiger partial charge in [0.05, 0.1) is 13.2 Å². The summed E-state index contributed by atoms with van der Waals surface area (Å²) in [6, 6.07) is 0. The Hall–Kier alpha value is -2.11. The standard InChI is InChI=1S/C16H21NO5/c1-7(2)22-16(20)13-9(4)12-10(17-13)6-8(3)11(14(12)18)15(19)21-5/h7-8,11,17H,6H2,1-5H3/t8-,11-/m1/s1. The molecule has 1 aromatic rings. The van der Waals surface area contributed by atoms with Crippen molar-refractivity contribution in [2.75, 3.05) is 7.11 Å². The number of nitrogens with one attached hydrogen (secondary N) is 1. The number of ketones is 1. The second kappa shape index (κ2) is 5.94. The van der Waals surface area contributed by atoms with Gasteiger partial charge in [-0.1, -0.05) is 6.92 Å². The number of carbonyl (C=O) groups is 3. The molecule has 2 rings (SSSR count). The molecule has 0 saturated carbocycles. The molecule has 0 bridgehead atoms. The van der Waals surface area contributed by atoms with Crippen molar-refractivity contribution >= 4 is 17.7 Å². The van der Waals surface area contributed by atoms with E-state index in [1.807, 2.05) is 6.92 Å². The van der Waals surface area contributed by atoms with E-state index in [2.05, 4.69) is 4.98 Å². The van der Waals surface area contributed by atoms with Crippen LogP contribution in [-0.4, -0.2) is 35.9 Å². The smallest absolute Gasteiger partial charge is 0.355 e. The molecule has 0 saturated heterocycles. The molecule has 0 unspecified atom stereocenters. The molecule has 0 spiro atoms. The molecule has 1 aromatic heterocycles. The van der Waals surface area contributed by atoms with Crippen molar-refractivity contribution in [1.29, 1.82) is 0 Å². The number of hydrogen-bond acceptors (Lipinski definition) is 5. The summed E-state index contributed by atoms with van der Waals surface area (Å²) in [5.41, 5.74) is 1.92. The zero-order valence-corrected chi connectivity index (χ0v) is 13.5. The summed E-state index contributed by atoms with van der Waals surface area (Å²) in [5, 5.41) is 0. The zero-order chi connectivity index (χ0) is 16.6. The van der Waals surface area contributed by atoms with Gasteiger partial charge in [0, 0.05) is 11.3 Å². The van der Waals surface area contributed by atoms with E-state index in [4.69, 9.17) is 9.47 Å². The van der Waals surface area contributed by atoms with Crippen molar-refractivity contribution in [3.63, 3.8) is 0 Å². The predicted molar refractivity (Wildman–Crippen MR) is 78.8 cm³/mol. The summed E-state index contributed by atoms with van der Waals surface area (Å²) >= 11 is 0. The summed E-state index contributed by atoms with van der Waals surface area (Å²) in [6.07, 6.45) is 0.265. The molecule has 1 aliphatic rings. The number of aromatic amines is 1. The minimum atomic E-state index is -0.819. The van der Waals surface area contributed by atoms with Gasteiger partial charge in [0.1, 0.15) is 11.6 Å². The van der Waals surface area contributed by atoms with Crippen LogP contribution in [0.15, 0.2) is 0 Å². The predicted octanol–water partition coefficient (Wildman–Crippen LogP) is 2.05. The first-order chi connectivity index (χ1) is 10.3. The molecule has 0 amide bonds. The maximum Gasteiger partial charge on any atom is 0.355 e. The number of methoxy groups -OCH3 is 1. The first-order valence-electron chi connectivity index (χ1n) is 7.32. The third kappa shape index (κ3) is 2.65. The maximum absolute atomic E-state index is 12.6. The first-order valence-corrected chi connectivity index (χ1v) is 7.32. The minimum Gasteiger partial charge on any atom is -0.468 e. The van der Waals surface area contributed by atoms with Gasteiger partial charge in [0.2, 0.25) is 0 Å². The molecule has 120 valence electrons. The van der Waals surface area contributed by atoms with E-state index in [0.29, 0.717) is 23.2 Å². The van der Waals surface area contributed by atoms with Crippen LogP contribution in [0.4, 0.5) is 0 Å². The molecule has 6 nitrogen and oxygen atoms in total. The number of esters is 2. The lowest BCUT2D eigenvalue weighted by atomic mass is 9.77. The first kappa shape index (κ1) is 16.3. The monoisotopic (exact) mass is 307 g/mol. The van der Waals surface area contributed by atoms with Crippen LogP contribution >= 0.6 is 0 Å². The van der Waals surface area contributed by atoms with Crippen LogP contribution < -0.4 is 0 Å². The zero-order valence-electron chi connectivity index (χ0n) is 13.5. The van der Waals surface area contributed by atoms with Gasteiger partial charge in [-0.15, -0.1) is 0 Å². The summed E-state index contributed by atoms with van der Waals surface area (Å²) < 4.78 is 9.91. The van der Waals surface area contributed by atoms with Gasteiger partial charge in [-0.2, -0.15) is 0 Å². The van der Waals surface area contributed by atoms with Crippen LogP contribution in [-0.2, 0) is 20.7 Å². The Labute approximate surface area is 129 Å². The lowest BCUT2D eigenvalue weighted by Gasteiger charge is -2.25. The molecule has 1 heterocycles. The van der Waals surface area contributed by atoms with Crippen LogP contribution in [0, 0.1) is 18.8 Å². The van der Waals surface area contributed by atoms with Crippen LogP contribution in [0.3, 0.4) is 0 Å². The van der Waals surface area contributed by atoms with Crippen LogP contribution in [0.1, 0.15) is 52.9 Å². The fourth-order valence-corrected chi connectivity index (χ4v) is 2.94. The highest BCUT2D eigenvalue weighted by Crippen LogP contribution is 2.34. The SMILES string of the molecule is COC(=O)[C@H]1C(=O)c2c([nH]c(C(=O)OC(C)C)c2C)C[C@H]1C. The van der Waals surface area contributed by atoms with Gasteiger partial charge in [0.15, 0.2) is 5.78 Å². The fourth-order valence-electron chi connectivity index (χ4n) is 2.94. The normalized spacial score (nSPS) is 20.7. The third-order valence-corrected chi connectivity index (χ3v) is 3.95. The lowest BCUT2D eigenvalue weighted by Crippen LogP contribution is -2.36. The van der Waals surface area contributed by atoms with Crippen molar-refractivity contribution in [2.24, 2.45) is 11.8 Å². The highest BCUT2D eigenvalue weighted by molar-refractivity contribution is 6.12. The number of H-pyrrole nitrogens is 1. The Balaban J connectivity index is 2.43. The Morgan fingerprint density at radius 3 is 2.50 bits per heavy atom. The van der Waals surface area contributed by atoms with Gasteiger partial charge in [-0.05, 0) is 38.7 Å². The van der Waals surface area contributed by atoms with Gasteiger partial charge < -0.3 is 14.5 Å². The molecule has 0 radical (unpaired) electrons. The van der Waals surface area contributed by atoms with E-state index in [-0.39, 0.29) is 23.5 Å². The van der Waals surface area contributed by atoms with Crippen molar-refractivity contribution < 1.29 is 23.9 Å². The Bertz CT molecular complexity index is 629. The Kier molecular flexibility index (Phi) is 4.39. The Morgan fingerprint density at radius 1 is 1.32 bits per heavy atom. The number of ether oxygens (including phenoxy) is 2. The Morgan fingerprint density at radius 2 is 1.95 bits per heavy atom. The van der Waals surface area contributed by atoms with Gasteiger partial charge in [-0.25, -0.2) is 4.79 Å². The van der Waals surface area contributed by atoms with Gasteiger partial charge in [-0.3, -0.25) is 9.59 Å². The molecule has 6 heteroatoms. The van der Waals surface area contributed by atoms with Gasteiger partial charge >= 0.3 is 11.9 Å². The van der Waals surface area contributed by atoms with E-state index >= 15 is 0 Å². The summed E-state index contributed by atoms with van der Waals surface area (Å²) in [4.78, 5) is 39.6.